The van der Waals surface area contributed by atoms with Crippen LogP contribution in [0.5, 0.6) is 0 Å². The summed E-state index contributed by atoms with van der Waals surface area (Å²) in [6, 6.07) is 3.57. The van der Waals surface area contributed by atoms with Gasteiger partial charge in [-0.05, 0) is 32.0 Å². The van der Waals surface area contributed by atoms with Crippen molar-refractivity contribution in [2.75, 3.05) is 69.7 Å². The van der Waals surface area contributed by atoms with Crippen LogP contribution >= 0.6 is 0 Å². The molecule has 16 heteroatoms. The minimum Gasteiger partial charge on any atom is -0.364 e. The second-order valence-electron chi connectivity index (χ2n) is 11.0. The van der Waals surface area contributed by atoms with E-state index in [0.717, 1.165) is 31.6 Å². The van der Waals surface area contributed by atoms with Crippen molar-refractivity contribution in [3.8, 4) is 0 Å². The molecule has 6 rings (SSSR count). The molecular formula is C26H33F3N10O3. The van der Waals surface area contributed by atoms with E-state index in [9.17, 15) is 22.8 Å². The van der Waals surface area contributed by atoms with Gasteiger partial charge in [0.2, 0.25) is 17.8 Å². The molecule has 0 radical (unpaired) electrons. The summed E-state index contributed by atoms with van der Waals surface area (Å²) < 4.78 is 45.2. The molecule has 3 aromatic heterocycles. The van der Waals surface area contributed by atoms with Crippen LogP contribution in [0.4, 0.5) is 30.5 Å². The number of nitrogens with zero attached hydrogens (tertiary/aromatic N) is 9. The summed E-state index contributed by atoms with van der Waals surface area (Å²) in [5, 5.41) is 12.0. The number of nitrogens with one attached hydrogen (secondary N) is 1. The van der Waals surface area contributed by atoms with E-state index in [4.69, 9.17) is 4.98 Å². The Morgan fingerprint density at radius 2 is 1.83 bits per heavy atom. The van der Waals surface area contributed by atoms with Crippen LogP contribution in [0.3, 0.4) is 0 Å². The molecule has 42 heavy (non-hydrogen) atoms. The number of piperazine rings is 2. The number of aromatic nitrogens is 5. The lowest BCUT2D eigenvalue weighted by atomic mass is 10.1. The summed E-state index contributed by atoms with van der Waals surface area (Å²) in [5.41, 5.74) is 2.13. The van der Waals surface area contributed by atoms with Crippen LogP contribution < -0.4 is 10.2 Å². The van der Waals surface area contributed by atoms with Crippen molar-refractivity contribution in [2.45, 2.75) is 37.6 Å². The highest BCUT2D eigenvalue weighted by Gasteiger charge is 2.43. The topological polar surface area (TPSA) is 116 Å². The van der Waals surface area contributed by atoms with E-state index in [1.807, 2.05) is 24.1 Å². The maximum Gasteiger partial charge on any atom is 0.411 e. The predicted molar refractivity (Wildman–Crippen MR) is 145 cm³/mol. The molecule has 0 spiro atoms. The number of pyridine rings is 1. The summed E-state index contributed by atoms with van der Waals surface area (Å²) in [6.45, 7) is 2.33. The normalized spacial score (nSPS) is 21.4. The molecule has 3 aliphatic rings. The molecule has 0 aromatic carbocycles. The number of hydrogen-bond donors (Lipinski definition) is 1. The Kier molecular flexibility index (Phi) is 7.66. The first-order chi connectivity index (χ1) is 20.1. The molecule has 2 unspecified atom stereocenters. The van der Waals surface area contributed by atoms with Crippen LogP contribution in [0.25, 0.3) is 5.65 Å². The van der Waals surface area contributed by atoms with Gasteiger partial charge in [-0.15, -0.1) is 5.10 Å². The fourth-order valence-electron chi connectivity index (χ4n) is 5.97. The van der Waals surface area contributed by atoms with Crippen LogP contribution in [-0.4, -0.2) is 129 Å². The third-order valence-corrected chi connectivity index (χ3v) is 7.99. The van der Waals surface area contributed by atoms with Gasteiger partial charge in [-0.1, -0.05) is 0 Å². The Hall–Kier alpha value is -3.92. The maximum absolute atomic E-state index is 12.7. The molecule has 13 nitrogen and oxygen atoms in total. The molecule has 0 aliphatic carbocycles. The number of halogens is 3. The zero-order valence-corrected chi connectivity index (χ0v) is 23.2. The average Bonchev–Trinajstić information content (AvgIpc) is 3.63. The van der Waals surface area contributed by atoms with Crippen molar-refractivity contribution in [3.05, 3.63) is 30.7 Å². The van der Waals surface area contributed by atoms with Crippen LogP contribution in [-0.2, 0) is 20.9 Å². The average molecular weight is 591 g/mol. The molecule has 3 fully saturated rings. The first-order valence-corrected chi connectivity index (χ1v) is 13.9. The molecule has 2 bridgehead atoms. The number of likely N-dealkylation sites (N-methyl/N-ethyl adjacent to an activating group) is 1. The molecule has 3 saturated heterocycles. The number of alkyl halides is 3. The van der Waals surface area contributed by atoms with Gasteiger partial charge in [0, 0.05) is 63.7 Å². The van der Waals surface area contributed by atoms with Crippen LogP contribution in [0.1, 0.15) is 12.8 Å². The Balaban J connectivity index is 1.09. The molecule has 1 N–H and O–H groups in total. The SMILES string of the molecule is CN1CCN(C(=O)Cn2cc(Nc3nc4c(N5CC6CCC(C5)N6C(=O)COCC(F)(F)F)cccn4n3)cn2)CC1. The number of carbonyl (C=O) groups is 2. The van der Waals surface area contributed by atoms with E-state index in [1.165, 1.54) is 0 Å². The molecule has 2 amide bonds. The van der Waals surface area contributed by atoms with Crippen molar-refractivity contribution in [1.82, 2.24) is 39.1 Å². The number of carbonyl (C=O) groups excluding carboxylic acids is 2. The molecule has 0 saturated carbocycles. The fourth-order valence-corrected chi connectivity index (χ4v) is 5.97. The smallest absolute Gasteiger partial charge is 0.364 e. The van der Waals surface area contributed by atoms with Gasteiger partial charge < -0.3 is 29.7 Å². The van der Waals surface area contributed by atoms with E-state index in [-0.39, 0.29) is 24.5 Å². The zero-order chi connectivity index (χ0) is 29.4. The molecule has 3 aliphatic heterocycles. The monoisotopic (exact) mass is 590 g/mol. The Morgan fingerprint density at radius 3 is 2.55 bits per heavy atom. The van der Waals surface area contributed by atoms with Gasteiger partial charge >= 0.3 is 6.18 Å². The Morgan fingerprint density at radius 1 is 1.10 bits per heavy atom. The van der Waals surface area contributed by atoms with Crippen molar-refractivity contribution in [3.63, 3.8) is 0 Å². The quantitative estimate of drug-likeness (QED) is 0.413. The van der Waals surface area contributed by atoms with Crippen LogP contribution in [0.15, 0.2) is 30.7 Å². The van der Waals surface area contributed by atoms with Gasteiger partial charge in [-0.2, -0.15) is 23.3 Å². The van der Waals surface area contributed by atoms with E-state index in [2.05, 4.69) is 30.1 Å². The summed E-state index contributed by atoms with van der Waals surface area (Å²) in [6.07, 6.45) is 2.24. The van der Waals surface area contributed by atoms with Crippen LogP contribution in [0, 0.1) is 0 Å². The predicted octanol–water partition coefficient (Wildman–Crippen LogP) is 1.20. The molecular weight excluding hydrogens is 557 g/mol. The van der Waals surface area contributed by atoms with Gasteiger partial charge in [-0.25, -0.2) is 4.52 Å². The van der Waals surface area contributed by atoms with Crippen molar-refractivity contribution in [2.24, 2.45) is 0 Å². The van der Waals surface area contributed by atoms with E-state index < -0.39 is 25.3 Å². The van der Waals surface area contributed by atoms with Crippen molar-refractivity contribution < 1.29 is 27.5 Å². The third-order valence-electron chi connectivity index (χ3n) is 7.99. The van der Waals surface area contributed by atoms with Gasteiger partial charge in [0.1, 0.15) is 19.8 Å². The molecule has 2 atom stereocenters. The second-order valence-corrected chi connectivity index (χ2v) is 11.0. The second kappa shape index (κ2) is 11.4. The van der Waals surface area contributed by atoms with Crippen LogP contribution in [0.2, 0.25) is 0 Å². The highest BCUT2D eigenvalue weighted by molar-refractivity contribution is 5.79. The lowest BCUT2D eigenvalue weighted by molar-refractivity contribution is -0.178. The van der Waals surface area contributed by atoms with Gasteiger partial charge in [0.25, 0.3) is 0 Å². The maximum atomic E-state index is 12.7. The number of ether oxygens (including phenoxy) is 1. The number of rotatable bonds is 8. The minimum atomic E-state index is -4.47. The number of fused-ring (bicyclic) bond motifs is 3. The number of anilines is 3. The summed E-state index contributed by atoms with van der Waals surface area (Å²) >= 11 is 0. The first kappa shape index (κ1) is 28.2. The van der Waals surface area contributed by atoms with Gasteiger partial charge in [0.05, 0.1) is 17.6 Å². The minimum absolute atomic E-state index is 0.0258. The zero-order valence-electron chi connectivity index (χ0n) is 23.2. The van der Waals surface area contributed by atoms with E-state index in [0.29, 0.717) is 43.5 Å². The van der Waals surface area contributed by atoms with Gasteiger partial charge in [0.15, 0.2) is 5.65 Å². The van der Waals surface area contributed by atoms with Crippen molar-refractivity contribution in [1.29, 1.82) is 0 Å². The summed E-state index contributed by atoms with van der Waals surface area (Å²) in [7, 11) is 2.04. The van der Waals surface area contributed by atoms with Crippen molar-refractivity contribution >= 4 is 34.8 Å². The Bertz CT molecular complexity index is 1420. The summed E-state index contributed by atoms with van der Waals surface area (Å²) in [4.78, 5) is 37.9. The number of amides is 2. The third kappa shape index (κ3) is 6.13. The largest absolute Gasteiger partial charge is 0.411 e. The molecule has 3 aromatic rings. The lowest BCUT2D eigenvalue weighted by Gasteiger charge is -2.42. The first-order valence-electron chi connectivity index (χ1n) is 13.9. The lowest BCUT2D eigenvalue weighted by Crippen LogP contribution is -2.56. The fraction of sp³-hybridized carbons (Fsp3) is 0.577. The van der Waals surface area contributed by atoms with E-state index >= 15 is 0 Å². The number of hydrogen-bond acceptors (Lipinski definition) is 9. The summed E-state index contributed by atoms with van der Waals surface area (Å²) in [5.74, 6) is -0.0202. The highest BCUT2D eigenvalue weighted by Crippen LogP contribution is 2.34. The van der Waals surface area contributed by atoms with E-state index in [1.54, 1.807) is 32.7 Å². The standard InChI is InChI=1S/C26H33F3N10O3/c1-34-7-9-35(10-8-34)22(40)15-37-12-18(11-30-37)31-25-32-24-21(3-2-6-38(24)33-25)36-13-19-4-5-20(14-36)39(19)23(41)16-42-17-26(27,28)29/h2-3,6,11-12,19-20H,4-5,7-10,13-17H2,1H3,(H,31,33). The van der Waals surface area contributed by atoms with Gasteiger partial charge in [-0.3, -0.25) is 14.3 Å². The Labute approximate surface area is 239 Å². The highest BCUT2D eigenvalue weighted by atomic mass is 19.4. The molecule has 226 valence electrons. The molecule has 6 heterocycles.